The standard InChI is InChI=1S/C25H24F3NO3S/c1-13(2)32-24(31)21-14(3)29-18-11-16(20-5-4-10-33-20)12-19(30)23(18)22(21)15-6-8-17(9-7-15)25(26,27)28/h4-10,13,16,22,29H,11-12H2,1-3H3/t16-,22-/m1/s1. The molecule has 174 valence electrons. The zero-order chi connectivity index (χ0) is 23.9. The van der Waals surface area contributed by atoms with Crippen molar-refractivity contribution in [2.45, 2.75) is 57.7 Å². The second-order valence-corrected chi connectivity index (χ2v) is 9.59. The topological polar surface area (TPSA) is 55.4 Å². The first-order valence-electron chi connectivity index (χ1n) is 10.7. The van der Waals surface area contributed by atoms with E-state index >= 15 is 0 Å². The Balaban J connectivity index is 1.80. The summed E-state index contributed by atoms with van der Waals surface area (Å²) in [5, 5.41) is 5.21. The van der Waals surface area contributed by atoms with Gasteiger partial charge >= 0.3 is 12.1 Å². The van der Waals surface area contributed by atoms with E-state index in [0.29, 0.717) is 29.0 Å². The van der Waals surface area contributed by atoms with Crippen LogP contribution < -0.4 is 5.32 Å². The minimum absolute atomic E-state index is 0.0222. The van der Waals surface area contributed by atoms with Crippen LogP contribution in [0.2, 0.25) is 0 Å². The molecule has 4 rings (SSSR count). The lowest BCUT2D eigenvalue weighted by Gasteiger charge is -2.36. The zero-order valence-corrected chi connectivity index (χ0v) is 19.3. The monoisotopic (exact) mass is 475 g/mol. The first-order chi connectivity index (χ1) is 15.6. The maximum atomic E-state index is 13.4. The van der Waals surface area contributed by atoms with Crippen LogP contribution in [-0.2, 0) is 20.5 Å². The Labute approximate surface area is 194 Å². The Hall–Kier alpha value is -2.87. The Bertz CT molecular complexity index is 1130. The van der Waals surface area contributed by atoms with Gasteiger partial charge in [-0.1, -0.05) is 18.2 Å². The van der Waals surface area contributed by atoms with Crippen molar-refractivity contribution in [3.63, 3.8) is 0 Å². The third kappa shape index (κ3) is 4.62. The van der Waals surface area contributed by atoms with Crippen molar-refractivity contribution in [2.75, 3.05) is 0 Å². The van der Waals surface area contributed by atoms with E-state index in [1.54, 1.807) is 32.1 Å². The summed E-state index contributed by atoms with van der Waals surface area (Å²) >= 11 is 1.59. The Morgan fingerprint density at radius 1 is 1.15 bits per heavy atom. The number of ketones is 1. The average molecular weight is 476 g/mol. The molecule has 1 N–H and O–H groups in total. The number of halogens is 3. The third-order valence-corrected chi connectivity index (χ3v) is 6.94. The molecular weight excluding hydrogens is 451 g/mol. The van der Waals surface area contributed by atoms with Gasteiger partial charge in [-0.05, 0) is 56.3 Å². The molecule has 0 saturated heterocycles. The first kappa shape index (κ1) is 23.3. The summed E-state index contributed by atoms with van der Waals surface area (Å²) in [6.07, 6.45) is -3.99. The average Bonchev–Trinajstić information content (AvgIpc) is 3.26. The second-order valence-electron chi connectivity index (χ2n) is 8.61. The molecule has 0 radical (unpaired) electrons. The summed E-state index contributed by atoms with van der Waals surface area (Å²) in [7, 11) is 0. The molecule has 0 saturated carbocycles. The van der Waals surface area contributed by atoms with Gasteiger partial charge in [-0.3, -0.25) is 4.79 Å². The summed E-state index contributed by atoms with van der Waals surface area (Å²) in [6, 6.07) is 8.60. The molecule has 2 heterocycles. The SMILES string of the molecule is CC1=C(C(=O)OC(C)C)[C@@H](c2ccc(C(F)(F)F)cc2)C2=C(C[C@@H](c3cccs3)CC2=O)N1. The van der Waals surface area contributed by atoms with Crippen molar-refractivity contribution < 1.29 is 27.5 Å². The molecule has 2 atom stereocenters. The molecule has 2 aromatic rings. The van der Waals surface area contributed by atoms with Gasteiger partial charge in [-0.25, -0.2) is 4.79 Å². The predicted octanol–water partition coefficient (Wildman–Crippen LogP) is 6.08. The quantitative estimate of drug-likeness (QED) is 0.545. The van der Waals surface area contributed by atoms with Gasteiger partial charge in [0.15, 0.2) is 5.78 Å². The van der Waals surface area contributed by atoms with Crippen LogP contribution in [0, 0.1) is 0 Å². The summed E-state index contributed by atoms with van der Waals surface area (Å²) in [4.78, 5) is 27.5. The number of carbonyl (C=O) groups is 2. The van der Waals surface area contributed by atoms with Crippen molar-refractivity contribution in [1.82, 2.24) is 5.32 Å². The minimum atomic E-state index is -4.48. The van der Waals surface area contributed by atoms with E-state index in [1.165, 1.54) is 12.1 Å². The fourth-order valence-corrected chi connectivity index (χ4v) is 5.34. The number of allylic oxidation sites excluding steroid dienone is 3. The molecule has 0 unspecified atom stereocenters. The van der Waals surface area contributed by atoms with Gasteiger partial charge in [0.2, 0.25) is 0 Å². The van der Waals surface area contributed by atoms with Crippen LogP contribution in [0.4, 0.5) is 13.2 Å². The highest BCUT2D eigenvalue weighted by Crippen LogP contribution is 2.46. The Kier molecular flexibility index (Phi) is 6.22. The fraction of sp³-hybridized carbons (Fsp3) is 0.360. The van der Waals surface area contributed by atoms with E-state index in [9.17, 15) is 22.8 Å². The Morgan fingerprint density at radius 2 is 1.85 bits per heavy atom. The molecule has 1 aliphatic carbocycles. The van der Waals surface area contributed by atoms with Crippen LogP contribution in [0.1, 0.15) is 61.5 Å². The highest BCUT2D eigenvalue weighted by atomic mass is 32.1. The summed E-state index contributed by atoms with van der Waals surface area (Å²) in [5.41, 5.74) is 1.62. The molecule has 0 spiro atoms. The lowest BCUT2D eigenvalue weighted by molar-refractivity contribution is -0.143. The predicted molar refractivity (Wildman–Crippen MR) is 120 cm³/mol. The van der Waals surface area contributed by atoms with E-state index < -0.39 is 23.6 Å². The molecule has 1 aromatic carbocycles. The molecule has 0 amide bonds. The van der Waals surface area contributed by atoms with Gasteiger partial charge in [0, 0.05) is 40.1 Å². The minimum Gasteiger partial charge on any atom is -0.460 e. The Morgan fingerprint density at radius 3 is 2.42 bits per heavy atom. The fourth-order valence-electron chi connectivity index (χ4n) is 4.51. The van der Waals surface area contributed by atoms with E-state index in [0.717, 1.165) is 17.0 Å². The highest BCUT2D eigenvalue weighted by molar-refractivity contribution is 7.10. The number of benzene rings is 1. The van der Waals surface area contributed by atoms with Crippen LogP contribution in [0.5, 0.6) is 0 Å². The second kappa shape index (κ2) is 8.82. The molecule has 1 aromatic heterocycles. The van der Waals surface area contributed by atoms with Crippen LogP contribution in [0.25, 0.3) is 0 Å². The largest absolute Gasteiger partial charge is 0.460 e. The van der Waals surface area contributed by atoms with Gasteiger partial charge in [0.1, 0.15) is 0 Å². The highest BCUT2D eigenvalue weighted by Gasteiger charge is 2.42. The number of nitrogens with one attached hydrogen (secondary N) is 1. The van der Waals surface area contributed by atoms with E-state index in [4.69, 9.17) is 4.74 Å². The lowest BCUT2D eigenvalue weighted by atomic mass is 9.72. The maximum Gasteiger partial charge on any atom is 0.416 e. The number of thiophene rings is 1. The van der Waals surface area contributed by atoms with E-state index in [2.05, 4.69) is 5.32 Å². The first-order valence-corrected chi connectivity index (χ1v) is 11.6. The maximum absolute atomic E-state index is 13.4. The van der Waals surface area contributed by atoms with Gasteiger partial charge in [0.05, 0.1) is 17.2 Å². The number of dihydropyridines is 1. The van der Waals surface area contributed by atoms with E-state index in [1.807, 2.05) is 17.5 Å². The zero-order valence-electron chi connectivity index (χ0n) is 18.5. The third-order valence-electron chi connectivity index (χ3n) is 5.91. The van der Waals surface area contributed by atoms with Crippen molar-refractivity contribution in [2.24, 2.45) is 0 Å². The van der Waals surface area contributed by atoms with Crippen LogP contribution in [0.15, 0.2) is 64.3 Å². The molecule has 8 heteroatoms. The van der Waals surface area contributed by atoms with Gasteiger partial charge < -0.3 is 10.1 Å². The molecule has 1 aliphatic heterocycles. The molecule has 0 fully saturated rings. The molecule has 0 bridgehead atoms. The molecule has 33 heavy (non-hydrogen) atoms. The number of hydrogen-bond donors (Lipinski definition) is 1. The van der Waals surface area contributed by atoms with E-state index in [-0.39, 0.29) is 29.8 Å². The smallest absolute Gasteiger partial charge is 0.416 e. The summed E-state index contributed by atoms with van der Waals surface area (Å²) in [5.74, 6) is -1.46. The van der Waals surface area contributed by atoms with Gasteiger partial charge in [-0.15, -0.1) is 11.3 Å². The van der Waals surface area contributed by atoms with Gasteiger partial charge in [-0.2, -0.15) is 13.2 Å². The number of carbonyl (C=O) groups excluding carboxylic acids is 2. The van der Waals surface area contributed by atoms with Crippen LogP contribution in [0.3, 0.4) is 0 Å². The summed E-state index contributed by atoms with van der Waals surface area (Å²) < 4.78 is 44.8. The van der Waals surface area contributed by atoms with Crippen molar-refractivity contribution in [3.8, 4) is 0 Å². The number of hydrogen-bond acceptors (Lipinski definition) is 5. The van der Waals surface area contributed by atoms with Crippen LogP contribution in [-0.4, -0.2) is 17.9 Å². The normalized spacial score (nSPS) is 21.2. The number of alkyl halides is 3. The van der Waals surface area contributed by atoms with Crippen molar-refractivity contribution in [3.05, 3.63) is 80.3 Å². The number of Topliss-reactive ketones (excluding diaryl/α,β-unsaturated/α-hetero) is 1. The molecular formula is C25H24F3NO3S. The lowest BCUT2D eigenvalue weighted by Crippen LogP contribution is -2.36. The van der Waals surface area contributed by atoms with Gasteiger partial charge in [0.25, 0.3) is 0 Å². The van der Waals surface area contributed by atoms with Crippen molar-refractivity contribution >= 4 is 23.1 Å². The number of rotatable bonds is 4. The summed E-state index contributed by atoms with van der Waals surface area (Å²) in [6.45, 7) is 5.18. The number of esters is 1. The number of ether oxygens (including phenoxy) is 1. The van der Waals surface area contributed by atoms with Crippen molar-refractivity contribution in [1.29, 1.82) is 0 Å². The molecule has 2 aliphatic rings. The van der Waals surface area contributed by atoms with Crippen LogP contribution >= 0.6 is 11.3 Å². The molecule has 4 nitrogen and oxygen atoms in total.